The average molecular weight is 495 g/mol. The number of aromatic nitrogens is 2. The van der Waals surface area contributed by atoms with Crippen LogP contribution in [0, 0.1) is 13.8 Å². The number of benzene rings is 3. The molecule has 2 heterocycles. The Hall–Kier alpha value is -4.79. The van der Waals surface area contributed by atoms with Crippen molar-refractivity contribution in [3.63, 3.8) is 0 Å². The number of ether oxygens (including phenoxy) is 2. The van der Waals surface area contributed by atoms with E-state index >= 15 is 0 Å². The molecule has 1 unspecified atom stereocenters. The zero-order valence-electron chi connectivity index (χ0n) is 21.0. The predicted molar refractivity (Wildman–Crippen MR) is 140 cm³/mol. The summed E-state index contributed by atoms with van der Waals surface area (Å²) in [5.41, 5.74) is 5.60. The molecule has 1 aliphatic heterocycles. The maximum atomic E-state index is 12.2. The van der Waals surface area contributed by atoms with Crippen molar-refractivity contribution in [3.05, 3.63) is 101 Å². The molecule has 1 aromatic heterocycles. The van der Waals surface area contributed by atoms with Gasteiger partial charge in [-0.15, -0.1) is 10.2 Å². The highest BCUT2D eigenvalue weighted by Crippen LogP contribution is 2.32. The van der Waals surface area contributed by atoms with E-state index in [1.807, 2.05) is 97.4 Å². The Balaban J connectivity index is 1.34. The summed E-state index contributed by atoms with van der Waals surface area (Å²) in [6.45, 7) is 5.35. The highest BCUT2D eigenvalue weighted by molar-refractivity contribution is 5.96. The maximum Gasteiger partial charge on any atom is 0.243 e. The monoisotopic (exact) mass is 494 g/mol. The van der Waals surface area contributed by atoms with Gasteiger partial charge in [0.25, 0.3) is 0 Å². The number of azo groups is 1. The number of methoxy groups -OCH3 is 1. The molecule has 0 saturated heterocycles. The maximum absolute atomic E-state index is 12.2. The molecule has 5 rings (SSSR count). The zero-order chi connectivity index (χ0) is 25.9. The van der Waals surface area contributed by atoms with Crippen LogP contribution in [0.3, 0.4) is 0 Å². The van der Waals surface area contributed by atoms with E-state index in [-0.39, 0.29) is 5.91 Å². The van der Waals surface area contributed by atoms with Gasteiger partial charge >= 0.3 is 0 Å². The van der Waals surface area contributed by atoms with E-state index < -0.39 is 6.23 Å². The summed E-state index contributed by atoms with van der Waals surface area (Å²) >= 11 is 0. The van der Waals surface area contributed by atoms with Crippen molar-refractivity contribution >= 4 is 23.2 Å². The molecule has 1 aliphatic rings. The predicted octanol–water partition coefficient (Wildman–Crippen LogP) is 6.15. The van der Waals surface area contributed by atoms with E-state index in [2.05, 4.69) is 20.4 Å². The van der Waals surface area contributed by atoms with E-state index in [9.17, 15) is 4.79 Å². The van der Waals surface area contributed by atoms with Crippen LogP contribution < -0.4 is 4.74 Å². The molecule has 186 valence electrons. The lowest BCUT2D eigenvalue weighted by Gasteiger charge is -2.19. The fourth-order valence-electron chi connectivity index (χ4n) is 4.05. The fourth-order valence-corrected chi connectivity index (χ4v) is 4.05. The number of carbonyl (C=O) groups excluding carboxylic acids is 1. The van der Waals surface area contributed by atoms with Gasteiger partial charge in [-0.25, -0.2) is 4.68 Å². The number of aryl methyl sites for hydroxylation is 1. The number of para-hydroxylation sites is 1. The summed E-state index contributed by atoms with van der Waals surface area (Å²) in [5.74, 6) is 0.859. The molecule has 1 atom stereocenters. The van der Waals surface area contributed by atoms with Gasteiger partial charge in [0.15, 0.2) is 0 Å². The number of hydrogen-bond donors (Lipinski definition) is 0. The molecule has 0 saturated carbocycles. The number of amides is 1. The molecular formula is C28H26N6O3. The third-order valence-electron chi connectivity index (χ3n) is 6.00. The minimum atomic E-state index is -0.648. The normalized spacial score (nSPS) is 15.1. The average Bonchev–Trinajstić information content (AvgIpc) is 3.50. The third-order valence-corrected chi connectivity index (χ3v) is 6.00. The van der Waals surface area contributed by atoms with Crippen LogP contribution in [0.5, 0.6) is 5.75 Å². The number of carbonyl (C=O) groups is 1. The van der Waals surface area contributed by atoms with Crippen LogP contribution in [-0.2, 0) is 9.53 Å². The molecule has 1 amide bonds. The SMILES string of the molecule is COc1ccc(C2OC(c3ccc(N=Nc4c(C)nn(-c5ccccc5)c4C)cc3)=NN2C(C)=O)cc1. The van der Waals surface area contributed by atoms with Gasteiger partial charge in [0.2, 0.25) is 18.0 Å². The Morgan fingerprint density at radius 2 is 1.65 bits per heavy atom. The topological polar surface area (TPSA) is 93.7 Å². The van der Waals surface area contributed by atoms with Crippen molar-refractivity contribution in [3.8, 4) is 11.4 Å². The zero-order valence-corrected chi connectivity index (χ0v) is 21.0. The Kier molecular flexibility index (Phi) is 6.51. The lowest BCUT2D eigenvalue weighted by molar-refractivity contribution is -0.135. The highest BCUT2D eigenvalue weighted by atomic mass is 16.5. The van der Waals surface area contributed by atoms with Crippen molar-refractivity contribution in [1.82, 2.24) is 14.8 Å². The molecule has 3 aromatic carbocycles. The third kappa shape index (κ3) is 4.84. The van der Waals surface area contributed by atoms with Gasteiger partial charge in [-0.2, -0.15) is 15.2 Å². The molecule has 0 bridgehead atoms. The summed E-state index contributed by atoms with van der Waals surface area (Å²) in [5, 5.41) is 19.2. The molecule has 37 heavy (non-hydrogen) atoms. The summed E-state index contributed by atoms with van der Waals surface area (Å²) in [4.78, 5) is 12.2. The minimum Gasteiger partial charge on any atom is -0.497 e. The molecular weight excluding hydrogens is 468 g/mol. The number of rotatable bonds is 6. The molecule has 0 aliphatic carbocycles. The van der Waals surface area contributed by atoms with Crippen LogP contribution in [0.4, 0.5) is 11.4 Å². The van der Waals surface area contributed by atoms with Gasteiger partial charge in [0.1, 0.15) is 11.4 Å². The van der Waals surface area contributed by atoms with Crippen LogP contribution in [0.2, 0.25) is 0 Å². The first-order valence-electron chi connectivity index (χ1n) is 11.8. The van der Waals surface area contributed by atoms with Crippen LogP contribution in [0.1, 0.15) is 35.7 Å². The van der Waals surface area contributed by atoms with Gasteiger partial charge < -0.3 is 9.47 Å². The van der Waals surface area contributed by atoms with Crippen LogP contribution in [0.25, 0.3) is 5.69 Å². The van der Waals surface area contributed by atoms with Gasteiger partial charge in [-0.3, -0.25) is 4.79 Å². The molecule has 9 heteroatoms. The van der Waals surface area contributed by atoms with E-state index in [1.54, 1.807) is 7.11 Å². The number of nitrogens with zero attached hydrogens (tertiary/aromatic N) is 6. The van der Waals surface area contributed by atoms with Gasteiger partial charge in [-0.1, -0.05) is 18.2 Å². The van der Waals surface area contributed by atoms with E-state index in [0.29, 0.717) is 11.6 Å². The van der Waals surface area contributed by atoms with E-state index in [4.69, 9.17) is 9.47 Å². The summed E-state index contributed by atoms with van der Waals surface area (Å²) in [6.07, 6.45) is -0.648. The molecule has 0 radical (unpaired) electrons. The van der Waals surface area contributed by atoms with Crippen LogP contribution in [0.15, 0.2) is 94.2 Å². The second-order valence-corrected chi connectivity index (χ2v) is 8.53. The van der Waals surface area contributed by atoms with Crippen molar-refractivity contribution < 1.29 is 14.3 Å². The molecule has 0 N–H and O–H groups in total. The first-order valence-corrected chi connectivity index (χ1v) is 11.8. The van der Waals surface area contributed by atoms with Crippen LogP contribution >= 0.6 is 0 Å². The highest BCUT2D eigenvalue weighted by Gasteiger charge is 2.33. The van der Waals surface area contributed by atoms with E-state index in [0.717, 1.165) is 39.6 Å². The van der Waals surface area contributed by atoms with Crippen molar-refractivity contribution in [2.24, 2.45) is 15.3 Å². The first kappa shape index (κ1) is 23.9. The molecule has 9 nitrogen and oxygen atoms in total. The van der Waals surface area contributed by atoms with Gasteiger partial charge in [0.05, 0.1) is 29.9 Å². The minimum absolute atomic E-state index is 0.219. The van der Waals surface area contributed by atoms with Crippen molar-refractivity contribution in [2.45, 2.75) is 27.0 Å². The van der Waals surface area contributed by atoms with Crippen molar-refractivity contribution in [1.29, 1.82) is 0 Å². The summed E-state index contributed by atoms with van der Waals surface area (Å²) < 4.78 is 13.2. The van der Waals surface area contributed by atoms with Gasteiger partial charge in [-0.05, 0) is 74.5 Å². The lowest BCUT2D eigenvalue weighted by Crippen LogP contribution is -2.25. The van der Waals surface area contributed by atoms with Crippen molar-refractivity contribution in [2.75, 3.05) is 7.11 Å². The molecule has 0 spiro atoms. The second kappa shape index (κ2) is 10.1. The summed E-state index contributed by atoms with van der Waals surface area (Å²) in [6, 6.07) is 24.6. The van der Waals surface area contributed by atoms with Crippen LogP contribution in [-0.4, -0.2) is 33.7 Å². The first-order chi connectivity index (χ1) is 17.9. The smallest absolute Gasteiger partial charge is 0.243 e. The molecule has 4 aromatic rings. The summed E-state index contributed by atoms with van der Waals surface area (Å²) in [7, 11) is 1.60. The Morgan fingerprint density at radius 3 is 2.30 bits per heavy atom. The Labute approximate surface area is 214 Å². The Bertz CT molecular complexity index is 1480. The van der Waals surface area contributed by atoms with E-state index in [1.165, 1.54) is 11.9 Å². The standard InChI is InChI=1S/C28H26N6O3/c1-18-26(19(2)33(31-18)24-8-6-5-7-9-24)30-29-23-14-10-21(11-15-23)27-32-34(20(3)35)28(37-27)22-12-16-25(36-4)17-13-22/h5-17,28H,1-4H3. The quantitative estimate of drug-likeness (QED) is 0.300. The second-order valence-electron chi connectivity index (χ2n) is 8.53. The largest absolute Gasteiger partial charge is 0.497 e. The number of hydrazone groups is 1. The fraction of sp³-hybridized carbons (Fsp3) is 0.179. The number of hydrogen-bond acceptors (Lipinski definition) is 7. The lowest BCUT2D eigenvalue weighted by atomic mass is 10.2. The van der Waals surface area contributed by atoms with Gasteiger partial charge in [0, 0.05) is 18.1 Å². The molecule has 0 fully saturated rings. The Morgan fingerprint density at radius 1 is 0.946 bits per heavy atom.